The Morgan fingerprint density at radius 2 is 1.38 bits per heavy atom. The fraction of sp³-hybridized carbons (Fsp3) is 0.286. The van der Waals surface area contributed by atoms with Crippen LogP contribution < -0.4 is 5.32 Å². The molecule has 12 heteroatoms. The summed E-state index contributed by atoms with van der Waals surface area (Å²) in [6, 6.07) is 6.37. The first-order chi connectivity index (χ1) is 12.0. The average Bonchev–Trinajstić information content (AvgIpc) is 2.58. The highest BCUT2D eigenvalue weighted by atomic mass is 35.6. The van der Waals surface area contributed by atoms with Crippen LogP contribution in [-0.2, 0) is 7.59 Å². The van der Waals surface area contributed by atoms with E-state index in [1.165, 1.54) is 0 Å². The van der Waals surface area contributed by atoms with E-state index in [1.807, 2.05) is 0 Å². The van der Waals surface area contributed by atoms with Crippen molar-refractivity contribution in [2.24, 2.45) is 0 Å². The predicted octanol–water partition coefficient (Wildman–Crippen LogP) is 5.16. The molecule has 0 aliphatic carbocycles. The molecule has 1 amide bonds. The minimum absolute atomic E-state index is 0.121. The number of benzene rings is 1. The van der Waals surface area contributed by atoms with E-state index < -0.39 is 7.59 Å². The number of carbonyl (C=O) groups excluding carboxylic acids is 1. The summed E-state index contributed by atoms with van der Waals surface area (Å²) in [6.07, 6.45) is 0. The Bertz CT molecular complexity index is 755. The number of hydrogen-bond acceptors (Lipinski definition) is 4. The van der Waals surface area contributed by atoms with Gasteiger partial charge in [-0.3, -0.25) is 4.79 Å². The molecule has 0 radical (unpaired) electrons. The Balaban J connectivity index is 2.43. The van der Waals surface area contributed by atoms with Crippen molar-refractivity contribution in [3.8, 4) is 11.4 Å². The van der Waals surface area contributed by atoms with Crippen molar-refractivity contribution in [2.45, 2.75) is 7.59 Å². The zero-order chi connectivity index (χ0) is 19.5. The van der Waals surface area contributed by atoms with Crippen molar-refractivity contribution >= 4 is 87.1 Å². The second-order valence-corrected chi connectivity index (χ2v) is 9.76. The monoisotopic (exact) mass is 494 g/mol. The van der Waals surface area contributed by atoms with Crippen LogP contribution >= 0.6 is 81.2 Å². The highest BCUT2D eigenvalue weighted by Gasteiger charge is 2.34. The third-order valence-corrected chi connectivity index (χ3v) is 4.13. The maximum atomic E-state index is 11.9. The van der Waals surface area contributed by atoms with Crippen LogP contribution in [-0.4, -0.2) is 33.3 Å². The lowest BCUT2D eigenvalue weighted by atomic mass is 10.1. The summed E-state index contributed by atoms with van der Waals surface area (Å²) in [5.41, 5.74) is 0.934. The summed E-state index contributed by atoms with van der Waals surface area (Å²) >= 11 is 40.6. The van der Waals surface area contributed by atoms with Crippen LogP contribution in [0.5, 0.6) is 0 Å². The molecule has 0 spiro atoms. The molecule has 2 rings (SSSR count). The van der Waals surface area contributed by atoms with Crippen LogP contribution in [0.15, 0.2) is 24.3 Å². The third kappa shape index (κ3) is 5.86. The van der Waals surface area contributed by atoms with Crippen molar-refractivity contribution < 1.29 is 4.79 Å². The molecule has 140 valence electrons. The molecule has 1 heterocycles. The molecule has 0 bridgehead atoms. The highest BCUT2D eigenvalue weighted by Crippen LogP contribution is 2.40. The van der Waals surface area contributed by atoms with Gasteiger partial charge in [-0.1, -0.05) is 81.7 Å². The Hall–Kier alpha value is -0.270. The zero-order valence-corrected chi connectivity index (χ0v) is 17.9. The fourth-order valence-corrected chi connectivity index (χ4v) is 2.39. The van der Waals surface area contributed by atoms with Gasteiger partial charge in [0, 0.05) is 23.6 Å². The molecular weight excluding hydrogens is 488 g/mol. The number of alkyl halides is 7. The summed E-state index contributed by atoms with van der Waals surface area (Å²) < 4.78 is -3.88. The average molecular weight is 497 g/mol. The molecule has 0 saturated heterocycles. The van der Waals surface area contributed by atoms with E-state index in [0.717, 1.165) is 0 Å². The maximum absolute atomic E-state index is 11.9. The minimum Gasteiger partial charge on any atom is -0.351 e. The van der Waals surface area contributed by atoms with E-state index in [9.17, 15) is 4.79 Å². The Morgan fingerprint density at radius 3 is 1.81 bits per heavy atom. The van der Waals surface area contributed by atoms with E-state index in [1.54, 1.807) is 24.3 Å². The van der Waals surface area contributed by atoms with E-state index in [4.69, 9.17) is 81.2 Å². The van der Waals surface area contributed by atoms with Crippen LogP contribution in [0.4, 0.5) is 0 Å². The number of hydrogen-bond donors (Lipinski definition) is 1. The Morgan fingerprint density at radius 1 is 0.885 bits per heavy atom. The van der Waals surface area contributed by atoms with Crippen molar-refractivity contribution in [1.82, 2.24) is 20.3 Å². The molecule has 0 fully saturated rings. The van der Waals surface area contributed by atoms with Gasteiger partial charge in [-0.2, -0.15) is 0 Å². The van der Waals surface area contributed by atoms with Gasteiger partial charge in [0.1, 0.15) is 0 Å². The smallest absolute Gasteiger partial charge is 0.251 e. The zero-order valence-electron chi connectivity index (χ0n) is 12.6. The number of carbonyl (C=O) groups is 1. The van der Waals surface area contributed by atoms with Crippen LogP contribution in [0.3, 0.4) is 0 Å². The Labute approximate surface area is 184 Å². The van der Waals surface area contributed by atoms with Gasteiger partial charge < -0.3 is 5.32 Å². The number of halogens is 7. The quantitative estimate of drug-likeness (QED) is 0.593. The van der Waals surface area contributed by atoms with Gasteiger partial charge in [-0.15, -0.1) is 11.6 Å². The first kappa shape index (κ1) is 22.0. The van der Waals surface area contributed by atoms with Gasteiger partial charge in [-0.05, 0) is 12.1 Å². The molecule has 0 aliphatic heterocycles. The van der Waals surface area contributed by atoms with Crippen LogP contribution in [0.1, 0.15) is 22.0 Å². The van der Waals surface area contributed by atoms with Gasteiger partial charge in [0.15, 0.2) is 17.5 Å². The Kier molecular flexibility index (Phi) is 7.47. The van der Waals surface area contributed by atoms with E-state index >= 15 is 0 Å². The molecule has 26 heavy (non-hydrogen) atoms. The predicted molar refractivity (Wildman–Crippen MR) is 107 cm³/mol. The molecule has 0 aliphatic rings. The highest BCUT2D eigenvalue weighted by molar-refractivity contribution is 6.67. The molecule has 2 aromatic rings. The van der Waals surface area contributed by atoms with Crippen molar-refractivity contribution in [3.63, 3.8) is 0 Å². The second-order valence-electron chi connectivity index (χ2n) is 4.82. The first-order valence-electron chi connectivity index (χ1n) is 6.87. The van der Waals surface area contributed by atoms with Crippen molar-refractivity contribution in [3.05, 3.63) is 41.5 Å². The number of rotatable bonds is 4. The van der Waals surface area contributed by atoms with Crippen molar-refractivity contribution in [1.29, 1.82) is 0 Å². The first-order valence-corrected chi connectivity index (χ1v) is 9.67. The lowest BCUT2D eigenvalue weighted by Crippen LogP contribution is -2.25. The second kappa shape index (κ2) is 8.82. The topological polar surface area (TPSA) is 67.8 Å². The third-order valence-electron chi connectivity index (χ3n) is 2.93. The largest absolute Gasteiger partial charge is 0.351 e. The lowest BCUT2D eigenvalue weighted by molar-refractivity contribution is 0.0956. The van der Waals surface area contributed by atoms with Crippen LogP contribution in [0, 0.1) is 0 Å². The standard InChI is InChI=1S/C14H9Cl7N4O/c15-5-6-22-10(26)8-3-1-7(2-4-8)9-23-11(13(16,17)18)25-12(24-9)14(19,20)21/h1-4H,5-6H2,(H,22,26). The molecule has 0 unspecified atom stereocenters. The summed E-state index contributed by atoms with van der Waals surface area (Å²) in [4.78, 5) is 24.0. The van der Waals surface area contributed by atoms with Gasteiger partial charge in [-0.25, -0.2) is 15.0 Å². The lowest BCUT2D eigenvalue weighted by Gasteiger charge is -2.15. The van der Waals surface area contributed by atoms with E-state index in [0.29, 0.717) is 23.6 Å². The van der Waals surface area contributed by atoms with Gasteiger partial charge in [0.05, 0.1) is 0 Å². The van der Waals surface area contributed by atoms with Crippen LogP contribution in [0.2, 0.25) is 0 Å². The molecule has 0 saturated carbocycles. The van der Waals surface area contributed by atoms with Gasteiger partial charge in [0.25, 0.3) is 5.91 Å². The van der Waals surface area contributed by atoms with Crippen LogP contribution in [0.25, 0.3) is 11.4 Å². The summed E-state index contributed by atoms with van der Waals surface area (Å²) in [5, 5.41) is 2.65. The summed E-state index contributed by atoms with van der Waals surface area (Å²) in [5.74, 6) is -0.225. The summed E-state index contributed by atoms with van der Waals surface area (Å²) in [7, 11) is 0. The summed E-state index contributed by atoms with van der Waals surface area (Å²) in [6.45, 7) is 0.356. The van der Waals surface area contributed by atoms with E-state index in [-0.39, 0.29) is 23.4 Å². The SMILES string of the molecule is O=C(NCCCl)c1ccc(-c2nc(C(Cl)(Cl)Cl)nc(C(Cl)(Cl)Cl)n2)cc1. The van der Waals surface area contributed by atoms with Crippen molar-refractivity contribution in [2.75, 3.05) is 12.4 Å². The number of aromatic nitrogens is 3. The molecular formula is C14H9Cl7N4O. The number of nitrogens with zero attached hydrogens (tertiary/aromatic N) is 3. The molecule has 1 aromatic carbocycles. The van der Waals surface area contributed by atoms with Gasteiger partial charge in [0.2, 0.25) is 7.59 Å². The molecule has 1 N–H and O–H groups in total. The minimum atomic E-state index is -1.94. The molecule has 0 atom stereocenters. The fourth-order valence-electron chi connectivity index (χ4n) is 1.79. The molecule has 1 aromatic heterocycles. The maximum Gasteiger partial charge on any atom is 0.251 e. The normalized spacial score (nSPS) is 12.1. The van der Waals surface area contributed by atoms with Gasteiger partial charge >= 0.3 is 0 Å². The molecule has 5 nitrogen and oxygen atoms in total. The number of nitrogens with one attached hydrogen (secondary N) is 1. The number of amides is 1. The van der Waals surface area contributed by atoms with E-state index in [2.05, 4.69) is 20.3 Å².